The summed E-state index contributed by atoms with van der Waals surface area (Å²) in [6, 6.07) is 33.4. The van der Waals surface area contributed by atoms with E-state index in [1.807, 2.05) is 6.92 Å². The van der Waals surface area contributed by atoms with Crippen LogP contribution >= 0.6 is 0 Å². The monoisotopic (exact) mass is 476 g/mol. The van der Waals surface area contributed by atoms with Crippen molar-refractivity contribution >= 4 is 37.9 Å². The quantitative estimate of drug-likeness (QED) is 0.137. The minimum absolute atomic E-state index is 1.05. The zero-order valence-corrected chi connectivity index (χ0v) is 21.5. The summed E-state index contributed by atoms with van der Waals surface area (Å²) >= 11 is 0. The van der Waals surface area contributed by atoms with E-state index in [4.69, 9.17) is 0 Å². The fourth-order valence-electron chi connectivity index (χ4n) is 5.43. The van der Waals surface area contributed by atoms with Gasteiger partial charge in [-0.05, 0) is 97.6 Å². The van der Waals surface area contributed by atoms with Crippen LogP contribution in [0.3, 0.4) is 0 Å². The van der Waals surface area contributed by atoms with Gasteiger partial charge < -0.3 is 0 Å². The Bertz CT molecular complexity index is 1690. The first kappa shape index (κ1) is 24.3. The lowest BCUT2D eigenvalue weighted by Gasteiger charge is -2.16. The maximum atomic E-state index is 4.25. The highest BCUT2D eigenvalue weighted by molar-refractivity contribution is 6.25. The Morgan fingerprint density at radius 1 is 0.649 bits per heavy atom. The minimum atomic E-state index is 1.05. The van der Waals surface area contributed by atoms with Gasteiger partial charge in [-0.2, -0.15) is 0 Å². The van der Waals surface area contributed by atoms with Crippen LogP contribution in [0.25, 0.3) is 49.0 Å². The second-order valence-electron chi connectivity index (χ2n) is 9.33. The van der Waals surface area contributed by atoms with Crippen molar-refractivity contribution in [2.24, 2.45) is 0 Å². The SMILES string of the molecule is C=C.C=C(/C=C\C)C1=CC(c2cccc(-c3ccc4c5ccccc5c5ccccc5c4c3)c2)=CCC1. The summed E-state index contributed by atoms with van der Waals surface area (Å²) in [5, 5.41) is 7.87. The van der Waals surface area contributed by atoms with Gasteiger partial charge in [-0.1, -0.05) is 110 Å². The second kappa shape index (κ2) is 10.7. The zero-order chi connectivity index (χ0) is 25.8. The van der Waals surface area contributed by atoms with Gasteiger partial charge in [0.05, 0.1) is 0 Å². The molecule has 1 aliphatic rings. The summed E-state index contributed by atoms with van der Waals surface area (Å²) in [6.07, 6.45) is 10.9. The van der Waals surface area contributed by atoms with Crippen molar-refractivity contribution < 1.29 is 0 Å². The van der Waals surface area contributed by atoms with Crippen LogP contribution in [-0.2, 0) is 0 Å². The lowest BCUT2D eigenvalue weighted by Crippen LogP contribution is -1.94. The van der Waals surface area contributed by atoms with Crippen LogP contribution < -0.4 is 0 Å². The first-order valence-electron chi connectivity index (χ1n) is 12.9. The predicted molar refractivity (Wildman–Crippen MR) is 165 cm³/mol. The van der Waals surface area contributed by atoms with E-state index in [1.54, 1.807) is 0 Å². The molecule has 37 heavy (non-hydrogen) atoms. The molecule has 0 bridgehead atoms. The lowest BCUT2D eigenvalue weighted by atomic mass is 9.89. The zero-order valence-electron chi connectivity index (χ0n) is 21.5. The first-order valence-corrected chi connectivity index (χ1v) is 12.9. The molecule has 0 heterocycles. The molecule has 5 aromatic carbocycles. The third kappa shape index (κ3) is 4.59. The highest BCUT2D eigenvalue weighted by Gasteiger charge is 2.12. The van der Waals surface area contributed by atoms with Crippen molar-refractivity contribution in [3.8, 4) is 11.1 Å². The molecule has 5 aromatic rings. The van der Waals surface area contributed by atoms with Crippen molar-refractivity contribution in [2.45, 2.75) is 19.8 Å². The van der Waals surface area contributed by atoms with E-state index in [0.29, 0.717) is 0 Å². The molecule has 0 saturated heterocycles. The van der Waals surface area contributed by atoms with E-state index in [1.165, 1.54) is 60.2 Å². The molecule has 0 aliphatic heterocycles. The van der Waals surface area contributed by atoms with E-state index in [2.05, 4.69) is 135 Å². The van der Waals surface area contributed by atoms with Crippen molar-refractivity contribution in [3.05, 3.63) is 152 Å². The van der Waals surface area contributed by atoms with Crippen LogP contribution in [0.2, 0.25) is 0 Å². The van der Waals surface area contributed by atoms with Crippen LogP contribution in [-0.4, -0.2) is 0 Å². The number of rotatable bonds is 4. The molecule has 0 amide bonds. The van der Waals surface area contributed by atoms with Gasteiger partial charge in [0.2, 0.25) is 0 Å². The molecule has 0 atom stereocenters. The first-order chi connectivity index (χ1) is 18.2. The lowest BCUT2D eigenvalue weighted by molar-refractivity contribution is 0.983. The molecule has 180 valence electrons. The molecule has 0 nitrogen and oxygen atoms in total. The van der Waals surface area contributed by atoms with Gasteiger partial charge in [-0.25, -0.2) is 0 Å². The smallest absolute Gasteiger partial charge is 0.00928 e. The summed E-state index contributed by atoms with van der Waals surface area (Å²) < 4.78 is 0. The number of fused-ring (bicyclic) bond motifs is 6. The van der Waals surface area contributed by atoms with Crippen molar-refractivity contribution in [1.29, 1.82) is 0 Å². The minimum Gasteiger partial charge on any atom is -0.106 e. The standard InChI is InChI=1S/C35H28.C2H4/c1-3-10-24(2)25-11-8-12-26(21-25)27-13-9-14-28(22-27)29-19-20-34-32-17-5-4-15-30(32)31-16-6-7-18-33(31)35(34)23-29;1-2/h3-7,9-10,12-23H,2,8,11H2,1H3;1-2H2/b10-3-;. The molecular weight excluding hydrogens is 444 g/mol. The van der Waals surface area contributed by atoms with Crippen molar-refractivity contribution in [3.63, 3.8) is 0 Å². The molecule has 1 aliphatic carbocycles. The van der Waals surface area contributed by atoms with Crippen LogP contribution in [0.1, 0.15) is 25.3 Å². The number of benzene rings is 5. The highest BCUT2D eigenvalue weighted by atomic mass is 14.2. The van der Waals surface area contributed by atoms with E-state index in [-0.39, 0.29) is 0 Å². The summed E-state index contributed by atoms with van der Waals surface area (Å²) in [5.74, 6) is 0. The molecular formula is C37H32. The number of hydrogen-bond acceptors (Lipinski definition) is 0. The van der Waals surface area contributed by atoms with Crippen LogP contribution in [0.15, 0.2) is 146 Å². The predicted octanol–water partition coefficient (Wildman–Crippen LogP) is 10.9. The molecule has 0 aromatic heterocycles. The van der Waals surface area contributed by atoms with Gasteiger partial charge in [0, 0.05) is 0 Å². The fourth-order valence-corrected chi connectivity index (χ4v) is 5.43. The second-order valence-corrected chi connectivity index (χ2v) is 9.33. The maximum absolute atomic E-state index is 4.25. The Hall–Kier alpha value is -4.42. The fraction of sp³-hybridized carbons (Fsp3) is 0.0811. The molecule has 0 spiro atoms. The van der Waals surface area contributed by atoms with Crippen LogP contribution in [0, 0.1) is 0 Å². The van der Waals surface area contributed by atoms with Gasteiger partial charge >= 0.3 is 0 Å². The molecule has 0 N–H and O–H groups in total. The van der Waals surface area contributed by atoms with Gasteiger partial charge in [0.1, 0.15) is 0 Å². The van der Waals surface area contributed by atoms with E-state index >= 15 is 0 Å². The average Bonchev–Trinajstić information content (AvgIpc) is 2.98. The highest BCUT2D eigenvalue weighted by Crippen LogP contribution is 2.37. The Morgan fingerprint density at radius 2 is 1.22 bits per heavy atom. The maximum Gasteiger partial charge on any atom is -0.00928 e. The third-order valence-electron chi connectivity index (χ3n) is 7.16. The van der Waals surface area contributed by atoms with E-state index in [0.717, 1.165) is 18.4 Å². The van der Waals surface area contributed by atoms with E-state index < -0.39 is 0 Å². The van der Waals surface area contributed by atoms with Gasteiger partial charge in [-0.3, -0.25) is 0 Å². The van der Waals surface area contributed by atoms with E-state index in [9.17, 15) is 0 Å². The number of hydrogen-bond donors (Lipinski definition) is 0. The molecule has 0 saturated carbocycles. The molecule has 0 heteroatoms. The Labute approximate surface area is 220 Å². The summed E-state index contributed by atoms with van der Waals surface area (Å²) in [5.41, 5.74) is 7.49. The summed E-state index contributed by atoms with van der Waals surface area (Å²) in [7, 11) is 0. The molecule has 0 radical (unpaired) electrons. The Morgan fingerprint density at radius 3 is 1.86 bits per heavy atom. The van der Waals surface area contributed by atoms with Gasteiger partial charge in [0.25, 0.3) is 0 Å². The normalized spacial score (nSPS) is 13.3. The van der Waals surface area contributed by atoms with Crippen molar-refractivity contribution in [1.82, 2.24) is 0 Å². The molecule has 0 fully saturated rings. The Balaban J connectivity index is 0.00000137. The number of allylic oxidation sites excluding steroid dienone is 7. The van der Waals surface area contributed by atoms with Crippen LogP contribution in [0.4, 0.5) is 0 Å². The Kier molecular flexibility index (Phi) is 7.01. The molecule has 0 unspecified atom stereocenters. The van der Waals surface area contributed by atoms with Gasteiger partial charge in [0.15, 0.2) is 0 Å². The van der Waals surface area contributed by atoms with Crippen LogP contribution in [0.5, 0.6) is 0 Å². The summed E-state index contributed by atoms with van der Waals surface area (Å²) in [6.45, 7) is 12.3. The van der Waals surface area contributed by atoms with Gasteiger partial charge in [-0.15, -0.1) is 13.2 Å². The van der Waals surface area contributed by atoms with Crippen molar-refractivity contribution in [2.75, 3.05) is 0 Å². The average molecular weight is 477 g/mol. The topological polar surface area (TPSA) is 0 Å². The largest absolute Gasteiger partial charge is 0.106 e. The molecule has 6 rings (SSSR count). The summed E-state index contributed by atoms with van der Waals surface area (Å²) in [4.78, 5) is 0. The third-order valence-corrected chi connectivity index (χ3v) is 7.16.